The predicted molar refractivity (Wildman–Crippen MR) is 77.2 cm³/mol. The fraction of sp³-hybridized carbons (Fsp3) is 0.250. The number of aromatic nitrogens is 1. The maximum absolute atomic E-state index is 13.2. The van der Waals surface area contributed by atoms with Gasteiger partial charge in [-0.1, -0.05) is 12.1 Å². The van der Waals surface area contributed by atoms with Crippen LogP contribution in [0.4, 0.5) is 8.78 Å². The van der Waals surface area contributed by atoms with Gasteiger partial charge in [0.1, 0.15) is 5.69 Å². The summed E-state index contributed by atoms with van der Waals surface area (Å²) in [7, 11) is 0. The Labute approximate surface area is 126 Å². The fourth-order valence-corrected chi connectivity index (χ4v) is 2.01. The van der Waals surface area contributed by atoms with E-state index < -0.39 is 29.7 Å². The predicted octanol–water partition coefficient (Wildman–Crippen LogP) is 2.52. The maximum atomic E-state index is 13.2. The summed E-state index contributed by atoms with van der Waals surface area (Å²) in [5, 5.41) is 12.7. The van der Waals surface area contributed by atoms with Crippen LogP contribution in [0.3, 0.4) is 0 Å². The quantitative estimate of drug-likeness (QED) is 0.912. The molecule has 0 saturated heterocycles. The molecular weight excluding hydrogens is 290 g/mol. The van der Waals surface area contributed by atoms with Gasteiger partial charge in [0.25, 0.3) is 5.91 Å². The molecule has 0 saturated carbocycles. The third-order valence-corrected chi connectivity index (χ3v) is 3.24. The number of hydrogen-bond donors (Lipinski definition) is 2. The molecule has 0 aliphatic carbocycles. The fourth-order valence-electron chi connectivity index (χ4n) is 2.01. The van der Waals surface area contributed by atoms with Gasteiger partial charge in [-0.25, -0.2) is 13.8 Å². The number of carbonyl (C=O) groups excluding carboxylic acids is 1. The van der Waals surface area contributed by atoms with Gasteiger partial charge in [-0.3, -0.25) is 4.79 Å². The van der Waals surface area contributed by atoms with Gasteiger partial charge in [0, 0.05) is 5.69 Å². The summed E-state index contributed by atoms with van der Waals surface area (Å²) in [6.45, 7) is 3.33. The van der Waals surface area contributed by atoms with Crippen LogP contribution >= 0.6 is 0 Å². The summed E-state index contributed by atoms with van der Waals surface area (Å²) in [6.07, 6.45) is -1.16. The number of pyridine rings is 1. The number of carbonyl (C=O) groups is 1. The second-order valence-electron chi connectivity index (χ2n) is 5.04. The molecule has 22 heavy (non-hydrogen) atoms. The zero-order valence-corrected chi connectivity index (χ0v) is 12.2. The third kappa shape index (κ3) is 3.65. The van der Waals surface area contributed by atoms with Crippen molar-refractivity contribution in [2.75, 3.05) is 0 Å². The maximum Gasteiger partial charge on any atom is 0.270 e. The smallest absolute Gasteiger partial charge is 0.270 e. The van der Waals surface area contributed by atoms with Crippen LogP contribution in [0.2, 0.25) is 0 Å². The Kier molecular flexibility index (Phi) is 4.82. The number of hydrogen-bond acceptors (Lipinski definition) is 3. The topological polar surface area (TPSA) is 62.2 Å². The summed E-state index contributed by atoms with van der Waals surface area (Å²) in [4.78, 5) is 16.1. The van der Waals surface area contributed by atoms with Crippen molar-refractivity contribution in [3.63, 3.8) is 0 Å². The van der Waals surface area contributed by atoms with E-state index in [1.54, 1.807) is 32.0 Å². The van der Waals surface area contributed by atoms with E-state index in [1.807, 2.05) is 0 Å². The molecular formula is C16H16F2N2O2. The molecule has 2 unspecified atom stereocenters. The zero-order valence-electron chi connectivity index (χ0n) is 12.2. The van der Waals surface area contributed by atoms with Gasteiger partial charge in [0.05, 0.1) is 12.1 Å². The SMILES string of the molecule is Cc1cccc(C(=O)NC(C)C(O)c2ccc(F)c(F)c2)n1. The molecule has 2 N–H and O–H groups in total. The molecule has 0 bridgehead atoms. The molecule has 2 rings (SSSR count). The van der Waals surface area contributed by atoms with Crippen molar-refractivity contribution >= 4 is 5.91 Å². The molecule has 0 fully saturated rings. The van der Waals surface area contributed by atoms with E-state index in [9.17, 15) is 18.7 Å². The van der Waals surface area contributed by atoms with Crippen molar-refractivity contribution in [3.05, 3.63) is 65.0 Å². The van der Waals surface area contributed by atoms with Crippen molar-refractivity contribution in [3.8, 4) is 0 Å². The number of aliphatic hydroxyl groups excluding tert-OH is 1. The van der Waals surface area contributed by atoms with Crippen molar-refractivity contribution in [2.24, 2.45) is 0 Å². The number of amides is 1. The van der Waals surface area contributed by atoms with Gasteiger partial charge >= 0.3 is 0 Å². The van der Waals surface area contributed by atoms with E-state index in [4.69, 9.17) is 0 Å². The molecule has 6 heteroatoms. The highest BCUT2D eigenvalue weighted by Gasteiger charge is 2.20. The number of aliphatic hydroxyl groups is 1. The van der Waals surface area contributed by atoms with Crippen molar-refractivity contribution in [2.45, 2.75) is 26.0 Å². The summed E-state index contributed by atoms with van der Waals surface area (Å²) in [5.74, 6) is -2.48. The van der Waals surface area contributed by atoms with Gasteiger partial charge in [-0.2, -0.15) is 0 Å². The van der Waals surface area contributed by atoms with Crippen molar-refractivity contribution in [1.29, 1.82) is 0 Å². The monoisotopic (exact) mass is 306 g/mol. The van der Waals surface area contributed by atoms with Crippen LogP contribution < -0.4 is 5.32 Å². The minimum Gasteiger partial charge on any atom is -0.386 e. The van der Waals surface area contributed by atoms with Crippen LogP contribution in [-0.4, -0.2) is 22.0 Å². The molecule has 1 aromatic carbocycles. The molecule has 2 aromatic rings. The van der Waals surface area contributed by atoms with Gasteiger partial charge in [0.15, 0.2) is 11.6 Å². The molecule has 0 spiro atoms. The highest BCUT2D eigenvalue weighted by Crippen LogP contribution is 2.19. The highest BCUT2D eigenvalue weighted by molar-refractivity contribution is 5.92. The lowest BCUT2D eigenvalue weighted by molar-refractivity contribution is 0.0846. The molecule has 0 aliphatic rings. The second kappa shape index (κ2) is 6.62. The lowest BCUT2D eigenvalue weighted by Crippen LogP contribution is -2.37. The highest BCUT2D eigenvalue weighted by atomic mass is 19.2. The van der Waals surface area contributed by atoms with E-state index in [1.165, 1.54) is 6.07 Å². The summed E-state index contributed by atoms with van der Waals surface area (Å²) < 4.78 is 26.1. The standard InChI is InChI=1S/C16H16F2N2O2/c1-9-4-3-5-14(19-9)16(22)20-10(2)15(21)11-6-7-12(17)13(18)8-11/h3-8,10,15,21H,1-2H3,(H,20,22). The van der Waals surface area contributed by atoms with Crippen LogP contribution in [0.25, 0.3) is 0 Å². The Balaban J connectivity index is 2.09. The van der Waals surface area contributed by atoms with E-state index >= 15 is 0 Å². The molecule has 4 nitrogen and oxygen atoms in total. The Hall–Kier alpha value is -2.34. The van der Waals surface area contributed by atoms with E-state index in [2.05, 4.69) is 10.3 Å². The number of halogens is 2. The first-order valence-corrected chi connectivity index (χ1v) is 6.76. The summed E-state index contributed by atoms with van der Waals surface area (Å²) in [6, 6.07) is 7.44. The van der Waals surface area contributed by atoms with E-state index in [0.717, 1.165) is 12.1 Å². The van der Waals surface area contributed by atoms with Crippen LogP contribution in [0.1, 0.15) is 34.8 Å². The molecule has 2 atom stereocenters. The summed E-state index contributed by atoms with van der Waals surface area (Å²) in [5.41, 5.74) is 1.11. The lowest BCUT2D eigenvalue weighted by Gasteiger charge is -2.20. The van der Waals surface area contributed by atoms with E-state index in [0.29, 0.717) is 5.69 Å². The molecule has 0 radical (unpaired) electrons. The molecule has 1 amide bonds. The minimum absolute atomic E-state index is 0.184. The Bertz CT molecular complexity index is 692. The zero-order chi connectivity index (χ0) is 16.3. The summed E-state index contributed by atoms with van der Waals surface area (Å²) >= 11 is 0. The molecule has 116 valence electrons. The normalized spacial score (nSPS) is 13.5. The van der Waals surface area contributed by atoms with Crippen LogP contribution in [0.5, 0.6) is 0 Å². The minimum atomic E-state index is -1.16. The lowest BCUT2D eigenvalue weighted by atomic mass is 10.0. The van der Waals surface area contributed by atoms with Crippen LogP contribution in [-0.2, 0) is 0 Å². The third-order valence-electron chi connectivity index (χ3n) is 3.24. The van der Waals surface area contributed by atoms with Crippen molar-refractivity contribution in [1.82, 2.24) is 10.3 Å². The first-order valence-electron chi connectivity index (χ1n) is 6.76. The Morgan fingerprint density at radius 2 is 1.95 bits per heavy atom. The number of aryl methyl sites for hydroxylation is 1. The van der Waals surface area contributed by atoms with Crippen LogP contribution in [0.15, 0.2) is 36.4 Å². The molecule has 1 aromatic heterocycles. The Morgan fingerprint density at radius 3 is 2.59 bits per heavy atom. The average Bonchev–Trinajstić information content (AvgIpc) is 2.49. The van der Waals surface area contributed by atoms with E-state index in [-0.39, 0.29) is 11.3 Å². The Morgan fingerprint density at radius 1 is 1.23 bits per heavy atom. The van der Waals surface area contributed by atoms with Gasteiger partial charge in [-0.15, -0.1) is 0 Å². The number of nitrogens with one attached hydrogen (secondary N) is 1. The van der Waals surface area contributed by atoms with Gasteiger partial charge < -0.3 is 10.4 Å². The first kappa shape index (κ1) is 16.0. The van der Waals surface area contributed by atoms with Gasteiger partial charge in [0.2, 0.25) is 0 Å². The van der Waals surface area contributed by atoms with Gasteiger partial charge in [-0.05, 0) is 43.7 Å². The molecule has 1 heterocycles. The average molecular weight is 306 g/mol. The number of rotatable bonds is 4. The number of benzene rings is 1. The molecule has 0 aliphatic heterocycles. The van der Waals surface area contributed by atoms with Crippen molar-refractivity contribution < 1.29 is 18.7 Å². The second-order valence-corrected chi connectivity index (χ2v) is 5.04. The number of nitrogens with zero attached hydrogens (tertiary/aromatic N) is 1. The largest absolute Gasteiger partial charge is 0.386 e. The van der Waals surface area contributed by atoms with Crippen LogP contribution in [0, 0.1) is 18.6 Å². The first-order chi connectivity index (χ1) is 10.4.